The molecule has 0 fully saturated rings. The summed E-state index contributed by atoms with van der Waals surface area (Å²) in [5.41, 5.74) is 0. The molecule has 1 rings (SSSR count). The first-order valence-corrected chi connectivity index (χ1v) is 20.7. The van der Waals surface area contributed by atoms with Crippen LogP contribution in [0.1, 0.15) is 181 Å². The van der Waals surface area contributed by atoms with Crippen molar-refractivity contribution in [3.63, 3.8) is 0 Å². The third-order valence-corrected chi connectivity index (χ3v) is 9.62. The Labute approximate surface area is 293 Å². The molecule has 0 radical (unpaired) electrons. The fraction of sp³-hybridized carbons (Fsp3) is 0.872. The fourth-order valence-electron chi connectivity index (χ4n) is 5.94. The molecule has 0 saturated carbocycles. The summed E-state index contributed by atoms with van der Waals surface area (Å²) < 4.78 is 11.3. The van der Waals surface area contributed by atoms with Crippen molar-refractivity contribution in [3.8, 4) is 0 Å². The maximum atomic E-state index is 12.5. The summed E-state index contributed by atoms with van der Waals surface area (Å²) >= 11 is 1.65. The molecule has 1 atom stereocenters. The molecule has 0 aliphatic carbocycles. The van der Waals surface area contributed by atoms with Gasteiger partial charge in [-0.15, -0.1) is 11.3 Å². The second-order valence-corrected chi connectivity index (χ2v) is 14.3. The minimum absolute atomic E-state index is 0.00762. The predicted octanol–water partition coefficient (Wildman–Crippen LogP) is 11.1. The van der Waals surface area contributed by atoms with Crippen LogP contribution in [0, 0.1) is 0 Å². The van der Waals surface area contributed by atoms with Gasteiger partial charge in [-0.2, -0.15) is 0 Å². The van der Waals surface area contributed by atoms with Crippen LogP contribution in [0.25, 0.3) is 0 Å². The summed E-state index contributed by atoms with van der Waals surface area (Å²) in [7, 11) is 0. The zero-order valence-electron chi connectivity index (χ0n) is 30.9. The Morgan fingerprint density at radius 2 is 1.23 bits per heavy atom. The number of rotatable bonds is 35. The normalized spacial score (nSPS) is 12.0. The third kappa shape index (κ3) is 27.9. The smallest absolute Gasteiger partial charge is 0.306 e. The molecule has 1 unspecified atom stereocenters. The lowest BCUT2D eigenvalue weighted by molar-refractivity contribution is -0.150. The molecule has 0 aromatic carbocycles. The molecule has 7 nitrogen and oxygen atoms in total. The maximum Gasteiger partial charge on any atom is 0.306 e. The van der Waals surface area contributed by atoms with E-state index in [4.69, 9.17) is 9.47 Å². The minimum Gasteiger partial charge on any atom is -0.466 e. The molecule has 274 valence electrons. The van der Waals surface area contributed by atoms with Crippen LogP contribution < -0.4 is 5.32 Å². The lowest BCUT2D eigenvalue weighted by atomic mass is 10.1. The highest BCUT2D eigenvalue weighted by atomic mass is 32.1. The van der Waals surface area contributed by atoms with Gasteiger partial charge in [-0.25, -0.2) is 4.98 Å². The number of nitrogens with zero attached hydrogens (tertiary/aromatic N) is 2. The van der Waals surface area contributed by atoms with Gasteiger partial charge >= 0.3 is 11.9 Å². The number of hydrogen-bond donors (Lipinski definition) is 1. The lowest BCUT2D eigenvalue weighted by Crippen LogP contribution is -2.28. The van der Waals surface area contributed by atoms with E-state index in [0.29, 0.717) is 19.4 Å². The van der Waals surface area contributed by atoms with Crippen molar-refractivity contribution >= 4 is 28.4 Å². The van der Waals surface area contributed by atoms with Crippen molar-refractivity contribution in [1.29, 1.82) is 0 Å². The number of esters is 2. The Bertz CT molecular complexity index is 823. The van der Waals surface area contributed by atoms with E-state index >= 15 is 0 Å². The highest BCUT2D eigenvalue weighted by molar-refractivity contribution is 7.13. The molecule has 8 heteroatoms. The second-order valence-electron chi connectivity index (χ2n) is 13.4. The Hall–Kier alpha value is -1.67. The van der Waals surface area contributed by atoms with E-state index in [-0.39, 0.29) is 18.0 Å². The van der Waals surface area contributed by atoms with Gasteiger partial charge in [0.2, 0.25) is 0 Å². The molecule has 0 aliphatic rings. The summed E-state index contributed by atoms with van der Waals surface area (Å²) in [6.07, 6.45) is 29.4. The molecule has 0 bridgehead atoms. The lowest BCUT2D eigenvalue weighted by Gasteiger charge is -2.22. The number of hydrogen-bond acceptors (Lipinski definition) is 8. The monoisotopic (exact) mass is 680 g/mol. The molecule has 1 heterocycles. The number of nitrogens with one attached hydrogen (secondary N) is 1. The highest BCUT2D eigenvalue weighted by Gasteiger charge is 2.14. The van der Waals surface area contributed by atoms with Crippen LogP contribution in [0.2, 0.25) is 0 Å². The van der Waals surface area contributed by atoms with Crippen LogP contribution in [-0.4, -0.2) is 60.7 Å². The van der Waals surface area contributed by atoms with Crippen molar-refractivity contribution in [1.82, 2.24) is 9.88 Å². The van der Waals surface area contributed by atoms with Crippen LogP contribution in [0.15, 0.2) is 11.6 Å². The molecule has 1 N–H and O–H groups in total. The Kier molecular flexibility index (Phi) is 30.3. The quantitative estimate of drug-likeness (QED) is 0.0565. The first-order valence-electron chi connectivity index (χ1n) is 19.8. The SMILES string of the molecule is CCCCCCCOC(=O)CCCCCCCN(CCCCCCCC(=O)OC(CCCC)CCCCC)CCCNc1nccs1. The standard InChI is InChI=1S/C39H73N3O4S/c1-4-7-10-17-23-34-45-37(43)27-19-13-11-15-21-31-42(33-24-29-40-39-41-30-35-47-39)32-22-16-12-14-20-28-38(44)46-36(25-9-6-3)26-18-8-5-2/h30,35-36H,4-29,31-34H2,1-3H3,(H,40,41). The van der Waals surface area contributed by atoms with Gasteiger partial charge < -0.3 is 19.7 Å². The largest absolute Gasteiger partial charge is 0.466 e. The summed E-state index contributed by atoms with van der Waals surface area (Å²) in [4.78, 5) is 31.4. The van der Waals surface area contributed by atoms with E-state index < -0.39 is 0 Å². The molecule has 1 aromatic heterocycles. The Morgan fingerprint density at radius 3 is 1.89 bits per heavy atom. The highest BCUT2D eigenvalue weighted by Crippen LogP contribution is 2.16. The van der Waals surface area contributed by atoms with E-state index in [1.54, 1.807) is 11.3 Å². The van der Waals surface area contributed by atoms with E-state index in [9.17, 15) is 9.59 Å². The average molecular weight is 680 g/mol. The predicted molar refractivity (Wildman–Crippen MR) is 200 cm³/mol. The number of aromatic nitrogens is 1. The van der Waals surface area contributed by atoms with Gasteiger partial charge in [0.15, 0.2) is 5.13 Å². The zero-order chi connectivity index (χ0) is 34.0. The number of unbranched alkanes of at least 4 members (excludes halogenated alkanes) is 15. The summed E-state index contributed by atoms with van der Waals surface area (Å²) in [6, 6.07) is 0. The van der Waals surface area contributed by atoms with Gasteiger partial charge in [0, 0.05) is 31.0 Å². The van der Waals surface area contributed by atoms with Crippen molar-refractivity contribution < 1.29 is 19.1 Å². The van der Waals surface area contributed by atoms with E-state index in [2.05, 4.69) is 36.0 Å². The van der Waals surface area contributed by atoms with Gasteiger partial charge in [-0.1, -0.05) is 111 Å². The molecule has 47 heavy (non-hydrogen) atoms. The van der Waals surface area contributed by atoms with Crippen LogP contribution in [0.3, 0.4) is 0 Å². The number of carbonyl (C=O) groups is 2. The summed E-state index contributed by atoms with van der Waals surface area (Å²) in [5.74, 6) is -0.0138. The first-order chi connectivity index (χ1) is 23.1. The van der Waals surface area contributed by atoms with Crippen molar-refractivity contribution in [2.24, 2.45) is 0 Å². The Morgan fingerprint density at radius 1 is 0.681 bits per heavy atom. The maximum absolute atomic E-state index is 12.5. The van der Waals surface area contributed by atoms with Gasteiger partial charge in [0.1, 0.15) is 6.10 Å². The van der Waals surface area contributed by atoms with Crippen LogP contribution >= 0.6 is 11.3 Å². The average Bonchev–Trinajstić information content (AvgIpc) is 3.59. The molecular formula is C39H73N3O4S. The van der Waals surface area contributed by atoms with Crippen molar-refractivity contribution in [2.45, 2.75) is 187 Å². The number of carbonyl (C=O) groups excluding carboxylic acids is 2. The van der Waals surface area contributed by atoms with E-state index in [1.165, 1.54) is 70.6 Å². The van der Waals surface area contributed by atoms with Gasteiger partial charge in [-0.05, 0) is 77.4 Å². The van der Waals surface area contributed by atoms with Crippen molar-refractivity contribution in [3.05, 3.63) is 11.6 Å². The molecule has 1 aromatic rings. The fourth-order valence-corrected chi connectivity index (χ4v) is 6.50. The summed E-state index contributed by atoms with van der Waals surface area (Å²) in [5, 5.41) is 6.46. The topological polar surface area (TPSA) is 80.8 Å². The van der Waals surface area contributed by atoms with E-state index in [0.717, 1.165) is 108 Å². The minimum atomic E-state index is -0.0215. The third-order valence-electron chi connectivity index (χ3n) is 8.89. The van der Waals surface area contributed by atoms with Crippen molar-refractivity contribution in [2.75, 3.05) is 38.1 Å². The Balaban J connectivity index is 2.21. The number of ether oxygens (including phenoxy) is 2. The first kappa shape index (κ1) is 43.4. The van der Waals surface area contributed by atoms with Gasteiger partial charge in [0.25, 0.3) is 0 Å². The molecular weight excluding hydrogens is 607 g/mol. The van der Waals surface area contributed by atoms with Crippen LogP contribution in [0.5, 0.6) is 0 Å². The number of anilines is 1. The van der Waals surface area contributed by atoms with Gasteiger partial charge in [-0.3, -0.25) is 9.59 Å². The van der Waals surface area contributed by atoms with Gasteiger partial charge in [0.05, 0.1) is 6.61 Å². The molecule has 0 saturated heterocycles. The second kappa shape index (κ2) is 32.9. The van der Waals surface area contributed by atoms with E-state index in [1.807, 2.05) is 11.6 Å². The zero-order valence-corrected chi connectivity index (χ0v) is 31.7. The van der Waals surface area contributed by atoms with Crippen LogP contribution in [0.4, 0.5) is 5.13 Å². The molecule has 0 aliphatic heterocycles. The number of thiazole rings is 1. The molecule has 0 spiro atoms. The summed E-state index contributed by atoms with van der Waals surface area (Å²) in [6.45, 7) is 11.6. The van der Waals surface area contributed by atoms with Crippen LogP contribution in [-0.2, 0) is 19.1 Å². The molecule has 0 amide bonds.